The molecular formula is C70H123O11P. The molecule has 0 spiro atoms. The molecule has 0 heterocycles. The van der Waals surface area contributed by atoms with Crippen molar-refractivity contribution in [2.24, 2.45) is 0 Å². The Labute approximate surface area is 502 Å². The summed E-state index contributed by atoms with van der Waals surface area (Å²) in [5.41, 5.74) is 0. The maximum absolute atomic E-state index is 13.0. The lowest BCUT2D eigenvalue weighted by Gasteiger charge is -2.21. The fourth-order valence-corrected chi connectivity index (χ4v) is 10.0. The first-order valence-corrected chi connectivity index (χ1v) is 35.0. The van der Waals surface area contributed by atoms with E-state index in [4.69, 9.17) is 23.3 Å². The van der Waals surface area contributed by atoms with E-state index in [1.165, 1.54) is 141 Å². The first-order valence-electron chi connectivity index (χ1n) is 33.5. The van der Waals surface area contributed by atoms with Crippen molar-refractivity contribution >= 4 is 25.7 Å². The van der Waals surface area contributed by atoms with Gasteiger partial charge in [-0.2, -0.15) is 0 Å². The van der Waals surface area contributed by atoms with E-state index >= 15 is 0 Å². The molecule has 0 aliphatic carbocycles. The Hall–Kier alpha value is -3.34. The van der Waals surface area contributed by atoms with Gasteiger partial charge in [0.25, 0.3) is 0 Å². The van der Waals surface area contributed by atoms with Gasteiger partial charge in [-0.1, -0.05) is 273 Å². The van der Waals surface area contributed by atoms with Gasteiger partial charge in [0.1, 0.15) is 12.7 Å². The van der Waals surface area contributed by atoms with Crippen LogP contribution < -0.4 is 0 Å². The van der Waals surface area contributed by atoms with E-state index in [0.717, 1.165) is 103 Å². The molecular weight excluding hydrogens is 1050 g/mol. The molecule has 3 atom stereocenters. The van der Waals surface area contributed by atoms with E-state index in [1.807, 2.05) is 0 Å². The smallest absolute Gasteiger partial charge is 0.462 e. The number of unbranched alkanes of at least 4 members (excludes halogenated alkanes) is 31. The van der Waals surface area contributed by atoms with E-state index in [9.17, 15) is 28.9 Å². The maximum Gasteiger partial charge on any atom is 0.472 e. The first-order chi connectivity index (χ1) is 40.2. The average molecular weight is 1170 g/mol. The van der Waals surface area contributed by atoms with Crippen LogP contribution in [0.15, 0.2) is 85.1 Å². The minimum Gasteiger partial charge on any atom is -0.462 e. The van der Waals surface area contributed by atoms with Crippen LogP contribution in [0.4, 0.5) is 0 Å². The Morgan fingerprint density at radius 1 is 0.354 bits per heavy atom. The first kappa shape index (κ1) is 78.7. The number of allylic oxidation sites excluding steroid dienone is 14. The summed E-state index contributed by atoms with van der Waals surface area (Å²) < 4.78 is 39.7. The van der Waals surface area contributed by atoms with Gasteiger partial charge in [-0.25, -0.2) is 4.57 Å². The number of ether oxygens (including phenoxy) is 3. The summed E-state index contributed by atoms with van der Waals surface area (Å²) in [7, 11) is -4.77. The Kier molecular flexibility index (Phi) is 61.1. The van der Waals surface area contributed by atoms with E-state index in [1.54, 1.807) is 0 Å². The van der Waals surface area contributed by atoms with Crippen LogP contribution in [0.5, 0.6) is 0 Å². The number of carbonyl (C=O) groups excluding carboxylic acids is 3. The lowest BCUT2D eigenvalue weighted by atomic mass is 10.0. The van der Waals surface area contributed by atoms with Crippen LogP contribution in [0.25, 0.3) is 0 Å². The Morgan fingerprint density at radius 3 is 1.01 bits per heavy atom. The van der Waals surface area contributed by atoms with Crippen LogP contribution in [0, 0.1) is 0 Å². The van der Waals surface area contributed by atoms with Crippen LogP contribution in [-0.2, 0) is 42.2 Å². The van der Waals surface area contributed by atoms with Crippen molar-refractivity contribution in [2.45, 2.75) is 315 Å². The maximum atomic E-state index is 13.0. The normalized spacial score (nSPS) is 13.8. The quantitative estimate of drug-likeness (QED) is 0.0197. The zero-order valence-corrected chi connectivity index (χ0v) is 53.6. The van der Waals surface area contributed by atoms with Crippen molar-refractivity contribution in [3.05, 3.63) is 85.1 Å². The molecule has 0 saturated carbocycles. The van der Waals surface area contributed by atoms with Crippen molar-refractivity contribution in [1.82, 2.24) is 0 Å². The summed E-state index contributed by atoms with van der Waals surface area (Å²) in [6, 6.07) is 0. The number of carbonyl (C=O) groups is 3. The molecule has 0 amide bonds. The van der Waals surface area contributed by atoms with Crippen LogP contribution >= 0.6 is 7.82 Å². The highest BCUT2D eigenvalue weighted by Crippen LogP contribution is 2.43. The number of aliphatic hydroxyl groups excluding tert-OH is 1. The lowest BCUT2D eigenvalue weighted by Crippen LogP contribution is -2.30. The Bertz CT molecular complexity index is 1700. The molecule has 3 unspecified atom stereocenters. The monoisotopic (exact) mass is 1170 g/mol. The third kappa shape index (κ3) is 61.2. The summed E-state index contributed by atoms with van der Waals surface area (Å²) in [4.78, 5) is 48.8. The fraction of sp³-hybridized carbons (Fsp3) is 0.757. The highest BCUT2D eigenvalue weighted by Gasteiger charge is 2.28. The molecule has 82 heavy (non-hydrogen) atoms. The molecule has 0 radical (unpaired) electrons. The molecule has 11 nitrogen and oxygen atoms in total. The third-order valence-corrected chi connectivity index (χ3v) is 15.3. The van der Waals surface area contributed by atoms with Gasteiger partial charge in [0.05, 0.1) is 19.8 Å². The predicted molar refractivity (Wildman–Crippen MR) is 344 cm³/mol. The molecule has 0 bridgehead atoms. The number of phosphoric ester groups is 1. The number of phosphoric acid groups is 1. The average Bonchev–Trinajstić information content (AvgIpc) is 3.47. The third-order valence-electron chi connectivity index (χ3n) is 14.3. The molecule has 0 aromatic carbocycles. The zero-order chi connectivity index (χ0) is 59.8. The largest absolute Gasteiger partial charge is 0.472 e. The van der Waals surface area contributed by atoms with Crippen molar-refractivity contribution < 1.29 is 52.2 Å². The molecule has 2 N–H and O–H groups in total. The Morgan fingerprint density at radius 2 is 0.634 bits per heavy atom. The SMILES string of the molecule is CC/C=C\C/C=C\C/C=C\C/C=C\C/C=C\CCCCCC(=O)OCC(COP(=O)(O)OCC(CO)OC(=O)CCCCCCCCCCCCCCCCCCC)OC(=O)CCCCCCCCCCC/C=C\C/C=C\CCCCC. The number of esters is 3. The van der Waals surface area contributed by atoms with Crippen LogP contribution in [-0.4, -0.2) is 66.5 Å². The highest BCUT2D eigenvalue weighted by atomic mass is 31.2. The molecule has 474 valence electrons. The number of hydrogen-bond donors (Lipinski definition) is 2. The highest BCUT2D eigenvalue weighted by molar-refractivity contribution is 7.47. The van der Waals surface area contributed by atoms with Crippen molar-refractivity contribution in [1.29, 1.82) is 0 Å². The Balaban J connectivity index is 4.74. The molecule has 0 rings (SSSR count). The number of hydrogen-bond acceptors (Lipinski definition) is 10. The second kappa shape index (κ2) is 63.7. The minimum atomic E-state index is -4.77. The summed E-state index contributed by atoms with van der Waals surface area (Å²) in [6.45, 7) is 4.52. The minimum absolute atomic E-state index is 0.154. The zero-order valence-electron chi connectivity index (χ0n) is 52.7. The standard InChI is InChI=1S/C70H123O11P/c1-4-7-10-13-16-19-22-25-28-31-33-36-38-41-44-47-50-53-56-59-68(72)77-63-67(81-70(74)61-58-55-52-49-46-43-40-37-34-32-29-26-23-20-17-14-11-8-5-2)65-79-82(75,76)78-64-66(62-71)80-69(73)60-57-54-51-48-45-42-39-35-30-27-24-21-18-15-12-9-6-3/h7,10,16-17,19-20,25-26,28-29,33,36,41,44,66-67,71H,4-6,8-9,11-15,18,21-24,27,30-32,34-35,37-40,42-43,45-65H2,1-3H3,(H,75,76)/b10-7-,19-16-,20-17-,28-25-,29-26-,36-33-,44-41-. The van der Waals surface area contributed by atoms with Crippen molar-refractivity contribution in [3.63, 3.8) is 0 Å². The van der Waals surface area contributed by atoms with Gasteiger partial charge in [0.2, 0.25) is 0 Å². The summed E-state index contributed by atoms with van der Waals surface area (Å²) in [6.07, 6.45) is 75.3. The van der Waals surface area contributed by atoms with Crippen molar-refractivity contribution in [2.75, 3.05) is 26.4 Å². The summed E-state index contributed by atoms with van der Waals surface area (Å²) in [5.74, 6) is -1.50. The molecule has 0 fully saturated rings. The van der Waals surface area contributed by atoms with Gasteiger partial charge >= 0.3 is 25.7 Å². The van der Waals surface area contributed by atoms with E-state index in [0.29, 0.717) is 19.3 Å². The molecule has 0 aromatic rings. The van der Waals surface area contributed by atoms with E-state index in [-0.39, 0.29) is 25.9 Å². The van der Waals surface area contributed by atoms with E-state index in [2.05, 4.69) is 106 Å². The van der Waals surface area contributed by atoms with Crippen LogP contribution in [0.2, 0.25) is 0 Å². The van der Waals surface area contributed by atoms with Gasteiger partial charge in [-0.05, 0) is 96.3 Å². The predicted octanol–water partition coefficient (Wildman–Crippen LogP) is 20.6. The summed E-state index contributed by atoms with van der Waals surface area (Å²) >= 11 is 0. The van der Waals surface area contributed by atoms with Gasteiger partial charge in [0, 0.05) is 19.3 Å². The number of aliphatic hydroxyl groups is 1. The lowest BCUT2D eigenvalue weighted by molar-refractivity contribution is -0.161. The van der Waals surface area contributed by atoms with Gasteiger partial charge in [0.15, 0.2) is 6.10 Å². The van der Waals surface area contributed by atoms with Crippen LogP contribution in [0.1, 0.15) is 303 Å². The topological polar surface area (TPSA) is 155 Å². The number of rotatable bonds is 62. The van der Waals surface area contributed by atoms with E-state index < -0.39 is 57.8 Å². The molecule has 0 aliphatic heterocycles. The van der Waals surface area contributed by atoms with Gasteiger partial charge < -0.3 is 24.2 Å². The van der Waals surface area contributed by atoms with Crippen molar-refractivity contribution in [3.8, 4) is 0 Å². The van der Waals surface area contributed by atoms with Gasteiger partial charge in [-0.3, -0.25) is 23.4 Å². The molecule has 0 aromatic heterocycles. The molecule has 0 saturated heterocycles. The fourth-order valence-electron chi connectivity index (χ4n) is 9.24. The molecule has 12 heteroatoms. The van der Waals surface area contributed by atoms with Crippen LogP contribution in [0.3, 0.4) is 0 Å². The second-order valence-corrected chi connectivity index (χ2v) is 23.7. The van der Waals surface area contributed by atoms with Gasteiger partial charge in [-0.15, -0.1) is 0 Å². The summed E-state index contributed by atoms with van der Waals surface area (Å²) in [5, 5.41) is 9.87. The molecule has 0 aliphatic rings. The second-order valence-electron chi connectivity index (χ2n) is 22.3.